The van der Waals surface area contributed by atoms with E-state index in [1.54, 1.807) is 12.3 Å². The highest BCUT2D eigenvalue weighted by atomic mass is 16.2. The van der Waals surface area contributed by atoms with Crippen molar-refractivity contribution >= 4 is 11.8 Å². The zero-order valence-electron chi connectivity index (χ0n) is 16.9. The first-order valence-corrected chi connectivity index (χ1v) is 10.5. The molecule has 1 aliphatic carbocycles. The van der Waals surface area contributed by atoms with Crippen molar-refractivity contribution in [1.29, 1.82) is 0 Å². The Morgan fingerprint density at radius 1 is 0.933 bits per heavy atom. The van der Waals surface area contributed by atoms with E-state index in [0.717, 1.165) is 42.6 Å². The molecular weight excluding hydrogens is 376 g/mol. The Balaban J connectivity index is 1.37. The van der Waals surface area contributed by atoms with Gasteiger partial charge in [-0.05, 0) is 37.1 Å². The van der Waals surface area contributed by atoms with Crippen LogP contribution < -0.4 is 10.6 Å². The highest BCUT2D eigenvalue weighted by molar-refractivity contribution is 5.94. The molecule has 4 rings (SSSR count). The van der Waals surface area contributed by atoms with Gasteiger partial charge in [-0.3, -0.25) is 9.59 Å². The van der Waals surface area contributed by atoms with Crippen molar-refractivity contribution in [3.63, 3.8) is 0 Å². The smallest absolute Gasteiger partial charge is 0.251 e. The largest absolute Gasteiger partial charge is 0.354 e. The van der Waals surface area contributed by atoms with Crippen LogP contribution in [0.2, 0.25) is 0 Å². The van der Waals surface area contributed by atoms with E-state index in [4.69, 9.17) is 0 Å². The van der Waals surface area contributed by atoms with Crippen LogP contribution in [0.25, 0.3) is 16.9 Å². The van der Waals surface area contributed by atoms with Crippen LogP contribution in [-0.4, -0.2) is 34.7 Å². The molecule has 2 N–H and O–H groups in total. The summed E-state index contributed by atoms with van der Waals surface area (Å²) in [5.41, 5.74) is 3.40. The van der Waals surface area contributed by atoms with E-state index < -0.39 is 0 Å². The standard InChI is InChI=1S/C24H26N4O2/c29-23(19-9-4-5-10-19)25-15-16-26-24(30)20-11-6-12-21(17-20)28-22(13-14-27-28)18-7-2-1-3-8-18/h1-3,6-8,11-14,17,19H,4-5,9-10,15-16H2,(H,25,29)(H,26,30). The molecule has 0 saturated heterocycles. The minimum absolute atomic E-state index is 0.107. The Morgan fingerprint density at radius 2 is 1.70 bits per heavy atom. The maximum Gasteiger partial charge on any atom is 0.251 e. The number of carbonyl (C=O) groups is 2. The topological polar surface area (TPSA) is 76.0 Å². The van der Waals surface area contributed by atoms with Gasteiger partial charge in [-0.2, -0.15) is 5.10 Å². The third kappa shape index (κ3) is 4.59. The molecule has 0 bridgehead atoms. The maximum absolute atomic E-state index is 12.6. The highest BCUT2D eigenvalue weighted by Crippen LogP contribution is 2.24. The fourth-order valence-electron chi connectivity index (χ4n) is 3.91. The van der Waals surface area contributed by atoms with Crippen LogP contribution in [0, 0.1) is 5.92 Å². The third-order valence-corrected chi connectivity index (χ3v) is 5.50. The normalized spacial score (nSPS) is 13.9. The van der Waals surface area contributed by atoms with Crippen LogP contribution >= 0.6 is 0 Å². The molecule has 6 nitrogen and oxygen atoms in total. The van der Waals surface area contributed by atoms with Gasteiger partial charge in [0, 0.05) is 30.1 Å². The van der Waals surface area contributed by atoms with Crippen molar-refractivity contribution in [2.45, 2.75) is 25.7 Å². The molecule has 0 unspecified atom stereocenters. The first-order chi connectivity index (χ1) is 14.7. The Bertz CT molecular complexity index is 1010. The Labute approximate surface area is 176 Å². The molecule has 0 radical (unpaired) electrons. The lowest BCUT2D eigenvalue weighted by Crippen LogP contribution is -2.37. The summed E-state index contributed by atoms with van der Waals surface area (Å²) in [5.74, 6) is 0.0847. The second-order valence-corrected chi connectivity index (χ2v) is 7.57. The van der Waals surface area contributed by atoms with Gasteiger partial charge in [0.25, 0.3) is 5.91 Å². The van der Waals surface area contributed by atoms with Crippen LogP contribution in [0.3, 0.4) is 0 Å². The Kier molecular flexibility index (Phi) is 6.23. The number of benzene rings is 2. The lowest BCUT2D eigenvalue weighted by atomic mass is 10.1. The molecule has 2 amide bonds. The number of hydrogen-bond donors (Lipinski definition) is 2. The number of nitrogens with zero attached hydrogens (tertiary/aromatic N) is 2. The van der Waals surface area contributed by atoms with E-state index >= 15 is 0 Å². The molecule has 30 heavy (non-hydrogen) atoms. The van der Waals surface area contributed by atoms with Gasteiger partial charge in [0.1, 0.15) is 0 Å². The van der Waals surface area contributed by atoms with Gasteiger partial charge in [0.2, 0.25) is 5.91 Å². The summed E-state index contributed by atoms with van der Waals surface area (Å²) >= 11 is 0. The molecule has 1 heterocycles. The van der Waals surface area contributed by atoms with E-state index in [1.807, 2.05) is 59.3 Å². The third-order valence-electron chi connectivity index (χ3n) is 5.50. The first kappa shape index (κ1) is 19.9. The number of carbonyl (C=O) groups excluding carboxylic acids is 2. The zero-order valence-corrected chi connectivity index (χ0v) is 16.9. The lowest BCUT2D eigenvalue weighted by molar-refractivity contribution is -0.124. The number of rotatable bonds is 7. The Hall–Kier alpha value is -3.41. The number of nitrogens with one attached hydrogen (secondary N) is 2. The van der Waals surface area contributed by atoms with Crippen LogP contribution in [0.5, 0.6) is 0 Å². The first-order valence-electron chi connectivity index (χ1n) is 10.5. The van der Waals surface area contributed by atoms with E-state index in [2.05, 4.69) is 15.7 Å². The minimum Gasteiger partial charge on any atom is -0.354 e. The van der Waals surface area contributed by atoms with Crippen molar-refractivity contribution in [2.24, 2.45) is 5.92 Å². The summed E-state index contributed by atoms with van der Waals surface area (Å²) in [6.45, 7) is 0.844. The van der Waals surface area contributed by atoms with Crippen LogP contribution in [0.4, 0.5) is 0 Å². The van der Waals surface area contributed by atoms with E-state index in [9.17, 15) is 9.59 Å². The predicted molar refractivity (Wildman–Crippen MR) is 116 cm³/mol. The van der Waals surface area contributed by atoms with Crippen LogP contribution in [-0.2, 0) is 4.79 Å². The van der Waals surface area contributed by atoms with Gasteiger partial charge in [-0.15, -0.1) is 0 Å². The van der Waals surface area contributed by atoms with Crippen molar-refractivity contribution in [3.05, 3.63) is 72.4 Å². The molecule has 1 fully saturated rings. The molecule has 0 aliphatic heterocycles. The fourth-order valence-corrected chi connectivity index (χ4v) is 3.91. The van der Waals surface area contributed by atoms with Crippen molar-refractivity contribution in [2.75, 3.05) is 13.1 Å². The van der Waals surface area contributed by atoms with Gasteiger partial charge in [-0.25, -0.2) is 4.68 Å². The summed E-state index contributed by atoms with van der Waals surface area (Å²) in [4.78, 5) is 24.6. The van der Waals surface area contributed by atoms with Gasteiger partial charge in [0.05, 0.1) is 17.6 Å². The average molecular weight is 402 g/mol. The molecule has 3 aromatic rings. The Morgan fingerprint density at radius 3 is 2.50 bits per heavy atom. The molecule has 1 aliphatic rings. The second kappa shape index (κ2) is 9.39. The predicted octanol–water partition coefficient (Wildman–Crippen LogP) is 3.58. The summed E-state index contributed by atoms with van der Waals surface area (Å²) < 4.78 is 1.83. The maximum atomic E-state index is 12.6. The number of hydrogen-bond acceptors (Lipinski definition) is 3. The molecular formula is C24H26N4O2. The molecule has 154 valence electrons. The van der Waals surface area contributed by atoms with E-state index in [0.29, 0.717) is 18.7 Å². The monoisotopic (exact) mass is 402 g/mol. The van der Waals surface area contributed by atoms with E-state index in [-0.39, 0.29) is 17.7 Å². The van der Waals surface area contributed by atoms with E-state index in [1.165, 1.54) is 0 Å². The SMILES string of the molecule is O=C(NCCNC(=O)C1CCCC1)c1cccc(-n2nccc2-c2ccccc2)c1. The summed E-state index contributed by atoms with van der Waals surface area (Å²) in [6, 6.07) is 19.4. The summed E-state index contributed by atoms with van der Waals surface area (Å²) in [5, 5.41) is 10.2. The average Bonchev–Trinajstić information content (AvgIpc) is 3.49. The van der Waals surface area contributed by atoms with Gasteiger partial charge >= 0.3 is 0 Å². The number of amides is 2. The highest BCUT2D eigenvalue weighted by Gasteiger charge is 2.22. The fraction of sp³-hybridized carbons (Fsp3) is 0.292. The molecule has 0 atom stereocenters. The zero-order chi connectivity index (χ0) is 20.8. The summed E-state index contributed by atoms with van der Waals surface area (Å²) in [7, 11) is 0. The molecule has 1 aromatic heterocycles. The van der Waals surface area contributed by atoms with Gasteiger partial charge in [0.15, 0.2) is 0 Å². The van der Waals surface area contributed by atoms with Crippen molar-refractivity contribution in [1.82, 2.24) is 20.4 Å². The molecule has 0 spiro atoms. The second-order valence-electron chi connectivity index (χ2n) is 7.57. The lowest BCUT2D eigenvalue weighted by Gasteiger charge is -2.12. The summed E-state index contributed by atoms with van der Waals surface area (Å²) in [6.07, 6.45) is 5.97. The van der Waals surface area contributed by atoms with Crippen LogP contribution in [0.15, 0.2) is 66.9 Å². The minimum atomic E-state index is -0.166. The van der Waals surface area contributed by atoms with Gasteiger partial charge < -0.3 is 10.6 Å². The molecule has 2 aromatic carbocycles. The van der Waals surface area contributed by atoms with Crippen molar-refractivity contribution in [3.8, 4) is 16.9 Å². The van der Waals surface area contributed by atoms with Crippen molar-refractivity contribution < 1.29 is 9.59 Å². The molecule has 6 heteroatoms. The molecule has 1 saturated carbocycles. The van der Waals surface area contributed by atoms with Gasteiger partial charge in [-0.1, -0.05) is 49.2 Å². The van der Waals surface area contributed by atoms with Crippen LogP contribution in [0.1, 0.15) is 36.0 Å². The number of aromatic nitrogens is 2. The quantitative estimate of drug-likeness (QED) is 0.593.